The van der Waals surface area contributed by atoms with Crippen LogP contribution in [0.2, 0.25) is 0 Å². The molecule has 1 fully saturated rings. The summed E-state index contributed by atoms with van der Waals surface area (Å²) in [5, 5.41) is 7.24. The monoisotopic (exact) mass is 482 g/mol. The Morgan fingerprint density at radius 3 is 2.77 bits per heavy atom. The maximum atomic E-state index is 12.9. The summed E-state index contributed by atoms with van der Waals surface area (Å²) in [6.07, 6.45) is 1.80. The normalized spacial score (nSPS) is 17.3. The second-order valence-electron chi connectivity index (χ2n) is 7.43. The topological polar surface area (TPSA) is 85.7 Å². The molecular formula is C22H19BrN4O4. The third-order valence-electron chi connectivity index (χ3n) is 5.38. The Hall–Kier alpha value is -3.33. The minimum atomic E-state index is -0.450. The van der Waals surface area contributed by atoms with Gasteiger partial charge < -0.3 is 19.7 Å². The zero-order valence-electron chi connectivity index (χ0n) is 16.5. The van der Waals surface area contributed by atoms with Gasteiger partial charge in [0.05, 0.1) is 18.7 Å². The molecule has 3 aromatic rings. The number of nitrogens with one attached hydrogen (secondary N) is 1. The van der Waals surface area contributed by atoms with E-state index >= 15 is 0 Å². The van der Waals surface area contributed by atoms with Crippen molar-refractivity contribution < 1.29 is 19.1 Å². The van der Waals surface area contributed by atoms with Gasteiger partial charge >= 0.3 is 0 Å². The van der Waals surface area contributed by atoms with Crippen LogP contribution in [0.4, 0.5) is 11.5 Å². The van der Waals surface area contributed by atoms with Gasteiger partial charge in [-0.2, -0.15) is 5.10 Å². The molecule has 158 valence electrons. The van der Waals surface area contributed by atoms with Crippen LogP contribution in [0.3, 0.4) is 0 Å². The summed E-state index contributed by atoms with van der Waals surface area (Å²) in [5.41, 5.74) is 1.76. The number of rotatable bonds is 5. The number of aromatic nitrogens is 2. The maximum absolute atomic E-state index is 12.9. The molecule has 0 spiro atoms. The Balaban J connectivity index is 1.26. The van der Waals surface area contributed by atoms with Gasteiger partial charge in [0.15, 0.2) is 11.5 Å². The maximum Gasteiger partial charge on any atom is 0.231 e. The Kier molecular flexibility index (Phi) is 5.11. The summed E-state index contributed by atoms with van der Waals surface area (Å²) in [6.45, 7) is 1.01. The molecule has 5 rings (SSSR count). The first-order valence-electron chi connectivity index (χ1n) is 9.84. The van der Waals surface area contributed by atoms with Crippen LogP contribution >= 0.6 is 15.9 Å². The first kappa shape index (κ1) is 19.6. The lowest BCUT2D eigenvalue weighted by Gasteiger charge is -2.17. The van der Waals surface area contributed by atoms with E-state index in [0.29, 0.717) is 36.1 Å². The standard InChI is InChI=1S/C22H19BrN4O4/c23-16-3-1-14(2-4-16)11-27-20(7-8-24-27)25-22(29)15-9-21(28)26(12-15)17-5-6-18-19(10-17)31-13-30-18/h1-8,10,15H,9,11-13H2,(H,25,29). The Morgan fingerprint density at radius 1 is 1.13 bits per heavy atom. The van der Waals surface area contributed by atoms with E-state index < -0.39 is 5.92 Å². The van der Waals surface area contributed by atoms with E-state index in [-0.39, 0.29) is 25.0 Å². The number of ether oxygens (including phenoxy) is 2. The molecule has 1 aromatic heterocycles. The number of carbonyl (C=O) groups is 2. The molecule has 2 amide bonds. The molecular weight excluding hydrogens is 464 g/mol. The van der Waals surface area contributed by atoms with Crippen LogP contribution in [0, 0.1) is 5.92 Å². The van der Waals surface area contributed by atoms with Gasteiger partial charge in [0.1, 0.15) is 5.82 Å². The van der Waals surface area contributed by atoms with Gasteiger partial charge in [-0.25, -0.2) is 4.68 Å². The summed E-state index contributed by atoms with van der Waals surface area (Å²) >= 11 is 3.43. The van der Waals surface area contributed by atoms with Crippen molar-refractivity contribution in [3.8, 4) is 11.5 Å². The molecule has 1 N–H and O–H groups in total. The van der Waals surface area contributed by atoms with Gasteiger partial charge in [-0.1, -0.05) is 28.1 Å². The highest BCUT2D eigenvalue weighted by Crippen LogP contribution is 2.37. The molecule has 0 aliphatic carbocycles. The van der Waals surface area contributed by atoms with Gasteiger partial charge in [-0.3, -0.25) is 9.59 Å². The van der Waals surface area contributed by atoms with Gasteiger partial charge in [-0.15, -0.1) is 0 Å². The third kappa shape index (κ3) is 4.00. The van der Waals surface area contributed by atoms with Gasteiger partial charge in [0, 0.05) is 35.3 Å². The molecule has 31 heavy (non-hydrogen) atoms. The zero-order chi connectivity index (χ0) is 21.4. The van der Waals surface area contributed by atoms with Crippen LogP contribution in [-0.4, -0.2) is 34.9 Å². The van der Waals surface area contributed by atoms with Crippen molar-refractivity contribution in [2.75, 3.05) is 23.6 Å². The van der Waals surface area contributed by atoms with Crippen molar-refractivity contribution in [2.24, 2.45) is 5.92 Å². The fraction of sp³-hybridized carbons (Fsp3) is 0.227. The number of fused-ring (bicyclic) bond motifs is 1. The van der Waals surface area contributed by atoms with Crippen molar-refractivity contribution in [2.45, 2.75) is 13.0 Å². The van der Waals surface area contributed by atoms with Crippen LogP contribution in [0.25, 0.3) is 0 Å². The van der Waals surface area contributed by atoms with E-state index in [4.69, 9.17) is 9.47 Å². The number of anilines is 2. The number of hydrogen-bond donors (Lipinski definition) is 1. The number of halogens is 1. The molecule has 1 atom stereocenters. The van der Waals surface area contributed by atoms with Crippen LogP contribution in [0.1, 0.15) is 12.0 Å². The highest BCUT2D eigenvalue weighted by Gasteiger charge is 2.36. The van der Waals surface area contributed by atoms with E-state index in [9.17, 15) is 9.59 Å². The molecule has 2 aliphatic rings. The lowest BCUT2D eigenvalue weighted by molar-refractivity contribution is -0.122. The summed E-state index contributed by atoms with van der Waals surface area (Å²) in [6, 6.07) is 15.0. The summed E-state index contributed by atoms with van der Waals surface area (Å²) in [4.78, 5) is 27.1. The van der Waals surface area contributed by atoms with E-state index in [1.807, 2.05) is 24.3 Å². The minimum absolute atomic E-state index is 0.0950. The molecule has 1 saturated heterocycles. The first-order valence-corrected chi connectivity index (χ1v) is 10.6. The minimum Gasteiger partial charge on any atom is -0.454 e. The fourth-order valence-corrected chi connectivity index (χ4v) is 4.01. The molecule has 0 saturated carbocycles. The molecule has 2 aliphatic heterocycles. The van der Waals surface area contributed by atoms with Crippen molar-refractivity contribution in [3.05, 3.63) is 64.8 Å². The number of carbonyl (C=O) groups excluding carboxylic acids is 2. The zero-order valence-corrected chi connectivity index (χ0v) is 18.0. The molecule has 0 bridgehead atoms. The number of amides is 2. The molecule has 3 heterocycles. The van der Waals surface area contributed by atoms with Crippen LogP contribution in [-0.2, 0) is 16.1 Å². The molecule has 8 nitrogen and oxygen atoms in total. The van der Waals surface area contributed by atoms with E-state index in [1.54, 1.807) is 40.0 Å². The second kappa shape index (κ2) is 8.07. The van der Waals surface area contributed by atoms with Crippen LogP contribution in [0.5, 0.6) is 11.5 Å². The lowest BCUT2D eigenvalue weighted by Crippen LogP contribution is -2.28. The molecule has 0 radical (unpaired) electrons. The third-order valence-corrected chi connectivity index (χ3v) is 5.91. The predicted octanol–water partition coefficient (Wildman–Crippen LogP) is 3.41. The average Bonchev–Trinajstić information content (AvgIpc) is 3.49. The van der Waals surface area contributed by atoms with Crippen molar-refractivity contribution >= 4 is 39.2 Å². The van der Waals surface area contributed by atoms with Crippen molar-refractivity contribution in [3.63, 3.8) is 0 Å². The second-order valence-corrected chi connectivity index (χ2v) is 8.35. The Bertz CT molecular complexity index is 1140. The Morgan fingerprint density at radius 2 is 1.94 bits per heavy atom. The van der Waals surface area contributed by atoms with Gasteiger partial charge in [-0.05, 0) is 29.8 Å². The van der Waals surface area contributed by atoms with Crippen molar-refractivity contribution in [1.29, 1.82) is 0 Å². The van der Waals surface area contributed by atoms with E-state index in [1.165, 1.54) is 0 Å². The van der Waals surface area contributed by atoms with Crippen molar-refractivity contribution in [1.82, 2.24) is 9.78 Å². The van der Waals surface area contributed by atoms with Crippen LogP contribution < -0.4 is 19.7 Å². The predicted molar refractivity (Wildman–Crippen MR) is 117 cm³/mol. The number of hydrogen-bond acceptors (Lipinski definition) is 5. The van der Waals surface area contributed by atoms with E-state index in [2.05, 4.69) is 26.3 Å². The quantitative estimate of drug-likeness (QED) is 0.602. The molecule has 1 unspecified atom stereocenters. The molecule has 2 aromatic carbocycles. The Labute approximate surface area is 186 Å². The highest BCUT2D eigenvalue weighted by atomic mass is 79.9. The van der Waals surface area contributed by atoms with E-state index in [0.717, 1.165) is 10.0 Å². The number of nitrogens with zero attached hydrogens (tertiary/aromatic N) is 3. The van der Waals surface area contributed by atoms with Gasteiger partial charge in [0.25, 0.3) is 0 Å². The number of benzene rings is 2. The lowest BCUT2D eigenvalue weighted by atomic mass is 10.1. The average molecular weight is 483 g/mol. The fourth-order valence-electron chi connectivity index (χ4n) is 3.74. The first-order chi connectivity index (χ1) is 15.1. The smallest absolute Gasteiger partial charge is 0.231 e. The highest BCUT2D eigenvalue weighted by molar-refractivity contribution is 9.10. The SMILES string of the molecule is O=C(Nc1ccnn1Cc1ccc(Br)cc1)C1CC(=O)N(c2ccc3c(c2)OCO3)C1. The largest absolute Gasteiger partial charge is 0.454 e. The van der Waals surface area contributed by atoms with Crippen LogP contribution in [0.15, 0.2) is 59.2 Å². The summed E-state index contributed by atoms with van der Waals surface area (Å²) in [5.74, 6) is 1.12. The summed E-state index contributed by atoms with van der Waals surface area (Å²) < 4.78 is 13.4. The van der Waals surface area contributed by atoms with Gasteiger partial charge in [0.2, 0.25) is 18.6 Å². The molecule has 9 heteroatoms. The summed E-state index contributed by atoms with van der Waals surface area (Å²) in [7, 11) is 0.